The van der Waals surface area contributed by atoms with Crippen LogP contribution in [0.3, 0.4) is 0 Å². The molecule has 5 nitrogen and oxygen atoms in total. The Balaban J connectivity index is 1.77. The van der Waals surface area contributed by atoms with Gasteiger partial charge in [0.2, 0.25) is 0 Å². The minimum Gasteiger partial charge on any atom is -0.483 e. The number of hydrogen-bond donors (Lipinski definition) is 1. The summed E-state index contributed by atoms with van der Waals surface area (Å²) >= 11 is 0. The summed E-state index contributed by atoms with van der Waals surface area (Å²) in [4.78, 5) is 18.6. The largest absolute Gasteiger partial charge is 0.483 e. The number of carbonyl (C=O) groups is 1. The molecular formula is C18H19N3O2. The molecule has 2 aromatic carbocycles. The van der Waals surface area contributed by atoms with Crippen LogP contribution in [0.1, 0.15) is 11.1 Å². The van der Waals surface area contributed by atoms with Gasteiger partial charge >= 0.3 is 0 Å². The Kier molecular flexibility index (Phi) is 4.28. The van der Waals surface area contributed by atoms with E-state index in [1.807, 2.05) is 43.3 Å². The first-order valence-corrected chi connectivity index (χ1v) is 7.53. The van der Waals surface area contributed by atoms with Crippen molar-refractivity contribution in [3.8, 4) is 5.75 Å². The standard InChI is InChI=1S/C18H19N3O2/c1-13-4-2-3-5-17(13)23-12-18(22)21-9-8-20-11-14-10-15(19)6-7-16(14)21/h2-7,10-11H,8-9,12,19H2,1H3. The second-order valence-corrected chi connectivity index (χ2v) is 5.45. The van der Waals surface area contributed by atoms with Crippen LogP contribution in [0.15, 0.2) is 47.5 Å². The molecule has 1 aliphatic rings. The quantitative estimate of drug-likeness (QED) is 0.885. The van der Waals surface area contributed by atoms with Crippen LogP contribution in [0.2, 0.25) is 0 Å². The summed E-state index contributed by atoms with van der Waals surface area (Å²) in [5.41, 5.74) is 9.15. The topological polar surface area (TPSA) is 67.9 Å². The van der Waals surface area contributed by atoms with Crippen LogP contribution in [0, 0.1) is 6.92 Å². The van der Waals surface area contributed by atoms with Crippen LogP contribution in [0.4, 0.5) is 11.4 Å². The van der Waals surface area contributed by atoms with Crippen molar-refractivity contribution in [3.63, 3.8) is 0 Å². The summed E-state index contributed by atoms with van der Waals surface area (Å²) in [6.07, 6.45) is 1.77. The molecule has 0 spiro atoms. The maximum Gasteiger partial charge on any atom is 0.264 e. The van der Waals surface area contributed by atoms with Gasteiger partial charge in [-0.3, -0.25) is 9.79 Å². The highest BCUT2D eigenvalue weighted by Crippen LogP contribution is 2.24. The van der Waals surface area contributed by atoms with Crippen molar-refractivity contribution >= 4 is 23.5 Å². The number of nitrogen functional groups attached to an aromatic ring is 1. The van der Waals surface area contributed by atoms with Crippen molar-refractivity contribution in [1.29, 1.82) is 0 Å². The van der Waals surface area contributed by atoms with Gasteiger partial charge in [-0.2, -0.15) is 0 Å². The lowest BCUT2D eigenvalue weighted by Crippen LogP contribution is -2.37. The fourth-order valence-corrected chi connectivity index (χ4v) is 2.56. The van der Waals surface area contributed by atoms with Crippen molar-refractivity contribution in [3.05, 3.63) is 53.6 Å². The Labute approximate surface area is 135 Å². The molecular weight excluding hydrogens is 290 g/mol. The molecule has 1 aliphatic heterocycles. The number of benzene rings is 2. The third kappa shape index (κ3) is 3.34. The van der Waals surface area contributed by atoms with Gasteiger partial charge in [-0.05, 0) is 36.8 Å². The van der Waals surface area contributed by atoms with E-state index >= 15 is 0 Å². The van der Waals surface area contributed by atoms with Gasteiger partial charge in [-0.25, -0.2) is 0 Å². The Bertz CT molecular complexity index is 756. The Morgan fingerprint density at radius 3 is 2.96 bits per heavy atom. The molecule has 0 saturated heterocycles. The number of aliphatic imine (C=N–C) groups is 1. The Morgan fingerprint density at radius 2 is 2.13 bits per heavy atom. The number of nitrogens with zero attached hydrogens (tertiary/aromatic N) is 2. The zero-order valence-electron chi connectivity index (χ0n) is 13.0. The number of rotatable bonds is 3. The number of carbonyl (C=O) groups excluding carboxylic acids is 1. The van der Waals surface area contributed by atoms with Crippen LogP contribution in [0.25, 0.3) is 0 Å². The van der Waals surface area contributed by atoms with E-state index < -0.39 is 0 Å². The zero-order chi connectivity index (χ0) is 16.2. The summed E-state index contributed by atoms with van der Waals surface area (Å²) in [6.45, 7) is 3.04. The predicted octanol–water partition coefficient (Wildman–Crippen LogP) is 2.42. The maximum absolute atomic E-state index is 12.6. The number of hydrogen-bond acceptors (Lipinski definition) is 4. The Morgan fingerprint density at radius 1 is 1.30 bits per heavy atom. The minimum absolute atomic E-state index is 0.00529. The molecule has 0 atom stereocenters. The zero-order valence-corrected chi connectivity index (χ0v) is 13.0. The lowest BCUT2D eigenvalue weighted by molar-refractivity contribution is -0.120. The van der Waals surface area contributed by atoms with Crippen molar-refractivity contribution in [2.75, 3.05) is 30.3 Å². The van der Waals surface area contributed by atoms with Crippen molar-refractivity contribution in [2.24, 2.45) is 4.99 Å². The van der Waals surface area contributed by atoms with E-state index in [9.17, 15) is 4.79 Å². The molecule has 5 heteroatoms. The number of nitrogens with two attached hydrogens (primary N) is 1. The molecule has 0 saturated carbocycles. The van der Waals surface area contributed by atoms with Gasteiger partial charge in [0.25, 0.3) is 5.91 Å². The molecule has 0 radical (unpaired) electrons. The monoisotopic (exact) mass is 309 g/mol. The van der Waals surface area contributed by atoms with Crippen molar-refractivity contribution in [1.82, 2.24) is 0 Å². The molecule has 2 aromatic rings. The summed E-state index contributed by atoms with van der Waals surface area (Å²) in [6, 6.07) is 13.1. The fourth-order valence-electron chi connectivity index (χ4n) is 2.56. The smallest absolute Gasteiger partial charge is 0.264 e. The lowest BCUT2D eigenvalue weighted by atomic mass is 10.1. The molecule has 0 unspecified atom stereocenters. The van der Waals surface area contributed by atoms with Gasteiger partial charge in [0.1, 0.15) is 5.75 Å². The van der Waals surface area contributed by atoms with E-state index in [0.29, 0.717) is 18.8 Å². The van der Waals surface area contributed by atoms with Gasteiger partial charge in [0.05, 0.1) is 12.2 Å². The van der Waals surface area contributed by atoms with Gasteiger partial charge in [-0.1, -0.05) is 18.2 Å². The highest BCUT2D eigenvalue weighted by Gasteiger charge is 2.20. The van der Waals surface area contributed by atoms with E-state index in [1.165, 1.54) is 0 Å². The SMILES string of the molecule is Cc1ccccc1OCC(=O)N1CCN=Cc2cc(N)ccc21. The average Bonchev–Trinajstić information content (AvgIpc) is 2.75. The highest BCUT2D eigenvalue weighted by molar-refractivity contribution is 6.01. The number of benzodiazepines with no additional fused rings is 1. The second-order valence-electron chi connectivity index (χ2n) is 5.45. The molecule has 0 aliphatic carbocycles. The molecule has 0 fully saturated rings. The maximum atomic E-state index is 12.6. The first-order chi connectivity index (χ1) is 11.1. The van der Waals surface area contributed by atoms with Crippen LogP contribution in [-0.4, -0.2) is 31.8 Å². The molecule has 2 N–H and O–H groups in total. The molecule has 23 heavy (non-hydrogen) atoms. The molecule has 1 amide bonds. The number of ether oxygens (including phenoxy) is 1. The fraction of sp³-hybridized carbons (Fsp3) is 0.222. The molecule has 118 valence electrons. The van der Waals surface area contributed by atoms with E-state index in [2.05, 4.69) is 4.99 Å². The summed E-state index contributed by atoms with van der Waals surface area (Å²) < 4.78 is 5.67. The van der Waals surface area contributed by atoms with Gasteiger partial charge in [-0.15, -0.1) is 0 Å². The number of para-hydroxylation sites is 1. The normalized spacial score (nSPS) is 13.3. The van der Waals surface area contributed by atoms with E-state index in [-0.39, 0.29) is 12.5 Å². The van der Waals surface area contributed by atoms with Gasteiger partial charge < -0.3 is 15.4 Å². The second kappa shape index (κ2) is 6.52. The molecule has 1 heterocycles. The van der Waals surface area contributed by atoms with Gasteiger partial charge in [0, 0.05) is 24.0 Å². The third-order valence-electron chi connectivity index (χ3n) is 3.77. The van der Waals surface area contributed by atoms with Crippen molar-refractivity contribution in [2.45, 2.75) is 6.92 Å². The molecule has 0 bridgehead atoms. The van der Waals surface area contributed by atoms with Gasteiger partial charge in [0.15, 0.2) is 6.61 Å². The number of anilines is 2. The lowest BCUT2D eigenvalue weighted by Gasteiger charge is -2.23. The van der Waals surface area contributed by atoms with Crippen LogP contribution in [-0.2, 0) is 4.79 Å². The van der Waals surface area contributed by atoms with Crippen LogP contribution in [0.5, 0.6) is 5.75 Å². The van der Waals surface area contributed by atoms with E-state index in [4.69, 9.17) is 10.5 Å². The van der Waals surface area contributed by atoms with E-state index in [0.717, 1.165) is 22.6 Å². The van der Waals surface area contributed by atoms with Crippen LogP contribution < -0.4 is 15.4 Å². The summed E-state index contributed by atoms with van der Waals surface area (Å²) in [5, 5.41) is 0. The number of aryl methyl sites for hydroxylation is 1. The average molecular weight is 309 g/mol. The summed E-state index contributed by atoms with van der Waals surface area (Å²) in [5.74, 6) is 0.634. The number of amides is 1. The highest BCUT2D eigenvalue weighted by atomic mass is 16.5. The van der Waals surface area contributed by atoms with E-state index in [1.54, 1.807) is 17.2 Å². The molecule has 0 aromatic heterocycles. The molecule has 3 rings (SSSR count). The van der Waals surface area contributed by atoms with Crippen molar-refractivity contribution < 1.29 is 9.53 Å². The predicted molar refractivity (Wildman–Crippen MR) is 92.3 cm³/mol. The summed E-state index contributed by atoms with van der Waals surface area (Å²) in [7, 11) is 0. The first-order valence-electron chi connectivity index (χ1n) is 7.53. The number of fused-ring (bicyclic) bond motifs is 1. The third-order valence-corrected chi connectivity index (χ3v) is 3.77. The minimum atomic E-state index is -0.0928. The first kappa shape index (κ1) is 15.1. The van der Waals surface area contributed by atoms with Crippen LogP contribution >= 0.6 is 0 Å². The Hall–Kier alpha value is -2.82.